The van der Waals surface area contributed by atoms with Gasteiger partial charge in [0.05, 0.1) is 5.69 Å². The van der Waals surface area contributed by atoms with Crippen LogP contribution in [0, 0.1) is 6.92 Å². The van der Waals surface area contributed by atoms with Crippen LogP contribution in [0.3, 0.4) is 0 Å². The van der Waals surface area contributed by atoms with Crippen molar-refractivity contribution in [1.82, 2.24) is 14.7 Å². The maximum absolute atomic E-state index is 6.30. The van der Waals surface area contributed by atoms with Crippen molar-refractivity contribution in [2.45, 2.75) is 45.2 Å². The van der Waals surface area contributed by atoms with Gasteiger partial charge in [0.25, 0.3) is 0 Å². The van der Waals surface area contributed by atoms with E-state index >= 15 is 0 Å². The second-order valence-corrected chi connectivity index (χ2v) is 5.81. The summed E-state index contributed by atoms with van der Waals surface area (Å²) in [5.41, 5.74) is 2.22. The first-order chi connectivity index (χ1) is 8.63. The monoisotopic (exact) mass is 289 g/mol. The summed E-state index contributed by atoms with van der Waals surface area (Å²) >= 11 is 12.1. The second kappa shape index (κ2) is 6.27. The molecule has 0 saturated carbocycles. The molecule has 0 N–H and O–H groups in total. The van der Waals surface area contributed by atoms with Gasteiger partial charge < -0.3 is 0 Å². The van der Waals surface area contributed by atoms with E-state index < -0.39 is 0 Å². The molecule has 0 spiro atoms. The van der Waals surface area contributed by atoms with Crippen LogP contribution in [0.1, 0.15) is 36.9 Å². The van der Waals surface area contributed by atoms with Gasteiger partial charge in [-0.3, -0.25) is 9.58 Å². The molecule has 0 bridgehead atoms. The van der Waals surface area contributed by atoms with Crippen LogP contribution in [0.2, 0.25) is 5.15 Å². The fourth-order valence-electron chi connectivity index (χ4n) is 2.80. The van der Waals surface area contributed by atoms with Crippen molar-refractivity contribution in [2.24, 2.45) is 7.05 Å². The number of halogens is 2. The zero-order chi connectivity index (χ0) is 13.1. The van der Waals surface area contributed by atoms with Gasteiger partial charge in [-0.2, -0.15) is 5.10 Å². The quantitative estimate of drug-likeness (QED) is 0.775. The predicted octanol–water partition coefficient (Wildman–Crippen LogP) is 3.37. The molecule has 1 atom stereocenters. The largest absolute Gasteiger partial charge is 0.296 e. The molecule has 0 amide bonds. The van der Waals surface area contributed by atoms with Gasteiger partial charge in [-0.05, 0) is 39.2 Å². The van der Waals surface area contributed by atoms with Crippen molar-refractivity contribution in [1.29, 1.82) is 0 Å². The molecule has 1 aliphatic rings. The molecule has 0 aliphatic carbocycles. The number of hydrogen-bond donors (Lipinski definition) is 0. The third-order valence-electron chi connectivity index (χ3n) is 3.80. The summed E-state index contributed by atoms with van der Waals surface area (Å²) in [7, 11) is 1.90. The molecular formula is C13H21Cl2N3. The molecule has 102 valence electrons. The van der Waals surface area contributed by atoms with Gasteiger partial charge >= 0.3 is 0 Å². The minimum atomic E-state index is 0.666. The molecule has 0 radical (unpaired) electrons. The number of hydrogen-bond acceptors (Lipinski definition) is 2. The van der Waals surface area contributed by atoms with E-state index in [4.69, 9.17) is 23.2 Å². The zero-order valence-electron chi connectivity index (χ0n) is 11.1. The topological polar surface area (TPSA) is 21.1 Å². The molecule has 1 aromatic heterocycles. The number of alkyl halides is 1. The summed E-state index contributed by atoms with van der Waals surface area (Å²) in [6.07, 6.45) is 4.86. The van der Waals surface area contributed by atoms with Crippen LogP contribution >= 0.6 is 23.2 Å². The smallest absolute Gasteiger partial charge is 0.131 e. The van der Waals surface area contributed by atoms with Crippen LogP contribution in [0.15, 0.2) is 0 Å². The Morgan fingerprint density at radius 2 is 2.22 bits per heavy atom. The van der Waals surface area contributed by atoms with E-state index in [9.17, 15) is 0 Å². The van der Waals surface area contributed by atoms with Crippen molar-refractivity contribution in [2.75, 3.05) is 12.4 Å². The van der Waals surface area contributed by atoms with Gasteiger partial charge in [0.15, 0.2) is 0 Å². The highest BCUT2D eigenvalue weighted by Gasteiger charge is 2.26. The predicted molar refractivity (Wildman–Crippen MR) is 76.3 cm³/mol. The van der Waals surface area contributed by atoms with E-state index in [0.29, 0.717) is 6.04 Å². The van der Waals surface area contributed by atoms with Gasteiger partial charge in [0.2, 0.25) is 0 Å². The van der Waals surface area contributed by atoms with E-state index in [2.05, 4.69) is 10.00 Å². The molecule has 2 heterocycles. The van der Waals surface area contributed by atoms with Crippen LogP contribution in [0.5, 0.6) is 0 Å². The molecule has 3 nitrogen and oxygen atoms in total. The van der Waals surface area contributed by atoms with Crippen molar-refractivity contribution < 1.29 is 0 Å². The number of nitrogens with zero attached hydrogens (tertiary/aromatic N) is 3. The van der Waals surface area contributed by atoms with E-state index in [1.54, 1.807) is 4.68 Å². The summed E-state index contributed by atoms with van der Waals surface area (Å²) in [5.74, 6) is 0.761. The molecule has 18 heavy (non-hydrogen) atoms. The Balaban J connectivity index is 2.03. The van der Waals surface area contributed by atoms with E-state index in [0.717, 1.165) is 36.2 Å². The van der Waals surface area contributed by atoms with Crippen molar-refractivity contribution in [3.8, 4) is 0 Å². The van der Waals surface area contributed by atoms with Gasteiger partial charge in [-0.25, -0.2) is 0 Å². The van der Waals surface area contributed by atoms with E-state index in [1.165, 1.54) is 24.8 Å². The Morgan fingerprint density at radius 1 is 1.44 bits per heavy atom. The average Bonchev–Trinajstić information content (AvgIpc) is 2.87. The SMILES string of the molecule is Cc1nn(C)c(Cl)c1CN1CCCC1CCCCl. The molecule has 5 heteroatoms. The summed E-state index contributed by atoms with van der Waals surface area (Å²) in [5, 5.41) is 5.15. The number of likely N-dealkylation sites (tertiary alicyclic amines) is 1. The molecule has 0 aromatic carbocycles. The fraction of sp³-hybridized carbons (Fsp3) is 0.769. The fourth-order valence-corrected chi connectivity index (χ4v) is 3.19. The van der Waals surface area contributed by atoms with Crippen LogP contribution < -0.4 is 0 Å². The highest BCUT2D eigenvalue weighted by atomic mass is 35.5. The number of rotatable bonds is 5. The first kappa shape index (κ1) is 14.2. The Morgan fingerprint density at radius 3 is 2.83 bits per heavy atom. The summed E-state index contributed by atoms with van der Waals surface area (Å²) in [4.78, 5) is 2.53. The molecule has 1 saturated heterocycles. The number of aryl methyl sites for hydroxylation is 2. The molecule has 1 aromatic rings. The molecular weight excluding hydrogens is 269 g/mol. The first-order valence-electron chi connectivity index (χ1n) is 6.61. The second-order valence-electron chi connectivity index (χ2n) is 5.08. The highest BCUT2D eigenvalue weighted by Crippen LogP contribution is 2.27. The van der Waals surface area contributed by atoms with Crippen molar-refractivity contribution in [3.05, 3.63) is 16.4 Å². The van der Waals surface area contributed by atoms with Crippen LogP contribution in [-0.4, -0.2) is 33.1 Å². The molecule has 1 aliphatic heterocycles. The molecule has 1 fully saturated rings. The minimum absolute atomic E-state index is 0.666. The number of aromatic nitrogens is 2. The lowest BCUT2D eigenvalue weighted by Gasteiger charge is -2.24. The van der Waals surface area contributed by atoms with Gasteiger partial charge in [0, 0.05) is 31.1 Å². The maximum Gasteiger partial charge on any atom is 0.131 e. The van der Waals surface area contributed by atoms with Crippen molar-refractivity contribution in [3.63, 3.8) is 0 Å². The Hall–Kier alpha value is -0.250. The maximum atomic E-state index is 6.30. The van der Waals surface area contributed by atoms with Gasteiger partial charge in [-0.15, -0.1) is 11.6 Å². The molecule has 2 rings (SSSR count). The lowest BCUT2D eigenvalue weighted by atomic mass is 10.1. The highest BCUT2D eigenvalue weighted by molar-refractivity contribution is 6.30. The third kappa shape index (κ3) is 3.01. The lowest BCUT2D eigenvalue weighted by molar-refractivity contribution is 0.233. The average molecular weight is 290 g/mol. The van der Waals surface area contributed by atoms with Crippen molar-refractivity contribution >= 4 is 23.2 Å². The van der Waals surface area contributed by atoms with Gasteiger partial charge in [-0.1, -0.05) is 11.6 Å². The first-order valence-corrected chi connectivity index (χ1v) is 7.52. The van der Waals surface area contributed by atoms with Gasteiger partial charge in [0.1, 0.15) is 5.15 Å². The third-order valence-corrected chi connectivity index (χ3v) is 4.54. The summed E-state index contributed by atoms with van der Waals surface area (Å²) < 4.78 is 1.76. The Kier molecular flexibility index (Phi) is 4.93. The normalized spacial score (nSPS) is 20.8. The van der Waals surface area contributed by atoms with Crippen LogP contribution in [0.4, 0.5) is 0 Å². The minimum Gasteiger partial charge on any atom is -0.296 e. The van der Waals surface area contributed by atoms with Crippen LogP contribution in [0.25, 0.3) is 0 Å². The van der Waals surface area contributed by atoms with E-state index in [-0.39, 0.29) is 0 Å². The van der Waals surface area contributed by atoms with E-state index in [1.807, 2.05) is 14.0 Å². The van der Waals surface area contributed by atoms with Crippen LogP contribution in [-0.2, 0) is 13.6 Å². The Bertz CT molecular complexity index is 403. The lowest BCUT2D eigenvalue weighted by Crippen LogP contribution is -2.29. The zero-order valence-corrected chi connectivity index (χ0v) is 12.6. The Labute approximate surface area is 119 Å². The molecule has 1 unspecified atom stereocenters. The summed E-state index contributed by atoms with van der Waals surface area (Å²) in [6, 6.07) is 0.666. The standard InChI is InChI=1S/C13H21Cl2N3/c1-10-12(13(15)17(2)16-10)9-18-8-4-6-11(18)5-3-7-14/h11H,3-9H2,1-2H3. The summed E-state index contributed by atoms with van der Waals surface area (Å²) in [6.45, 7) is 4.12.